The van der Waals surface area contributed by atoms with E-state index < -0.39 is 0 Å². The third-order valence-electron chi connectivity index (χ3n) is 3.29. The van der Waals surface area contributed by atoms with Crippen molar-refractivity contribution in [2.24, 2.45) is 0 Å². The van der Waals surface area contributed by atoms with Crippen molar-refractivity contribution in [2.75, 3.05) is 0 Å². The summed E-state index contributed by atoms with van der Waals surface area (Å²) in [6.45, 7) is 0. The van der Waals surface area contributed by atoms with Gasteiger partial charge < -0.3 is 0 Å². The van der Waals surface area contributed by atoms with Gasteiger partial charge in [-0.25, -0.2) is 0 Å². The topological polar surface area (TPSA) is 0 Å². The number of fused-ring (bicyclic) bond motifs is 3. The number of halogens is 1. The maximum atomic E-state index is 6.02. The molecule has 1 aliphatic carbocycles. The summed E-state index contributed by atoms with van der Waals surface area (Å²) in [6, 6.07) is 12.4. The van der Waals surface area contributed by atoms with Crippen molar-refractivity contribution in [1.29, 1.82) is 0 Å². The van der Waals surface area contributed by atoms with Gasteiger partial charge in [0.2, 0.25) is 0 Å². The van der Waals surface area contributed by atoms with Crippen LogP contribution in [0, 0.1) is 12.3 Å². The number of benzene rings is 2. The largest absolute Gasteiger partial charge is 0.115 e. The summed E-state index contributed by atoms with van der Waals surface area (Å²) in [5, 5.41) is 0.812. The van der Waals surface area contributed by atoms with Gasteiger partial charge in [-0.05, 0) is 59.4 Å². The molecule has 1 heteroatoms. The number of aryl methyl sites for hydroxylation is 2. The van der Waals surface area contributed by atoms with Crippen LogP contribution in [0.2, 0.25) is 5.02 Å². The third-order valence-corrected chi connectivity index (χ3v) is 3.53. The van der Waals surface area contributed by atoms with Crippen LogP contribution in [0.4, 0.5) is 0 Å². The molecule has 3 rings (SSSR count). The maximum Gasteiger partial charge on any atom is 0.0409 e. The number of terminal acetylenes is 1. The molecule has 0 atom stereocenters. The highest BCUT2D eigenvalue weighted by molar-refractivity contribution is 6.30. The zero-order chi connectivity index (χ0) is 11.8. The van der Waals surface area contributed by atoms with Crippen molar-refractivity contribution in [3.63, 3.8) is 0 Å². The molecule has 0 saturated carbocycles. The molecule has 0 unspecified atom stereocenters. The second-order valence-corrected chi connectivity index (χ2v) is 4.75. The van der Waals surface area contributed by atoms with Crippen molar-refractivity contribution in [1.82, 2.24) is 0 Å². The minimum absolute atomic E-state index is 0.812. The van der Waals surface area contributed by atoms with E-state index in [1.165, 1.54) is 22.3 Å². The summed E-state index contributed by atoms with van der Waals surface area (Å²) in [7, 11) is 0. The zero-order valence-corrected chi connectivity index (χ0v) is 10.1. The SMILES string of the molecule is C#Cc1ccc2c(c1)CCc1cc(Cl)ccc1-2. The molecule has 1 aliphatic rings. The Bertz CT molecular complexity index is 632. The lowest BCUT2D eigenvalue weighted by Crippen LogP contribution is -2.04. The quantitative estimate of drug-likeness (QED) is 0.607. The average Bonchev–Trinajstić information content (AvgIpc) is 2.37. The molecule has 2 aromatic rings. The van der Waals surface area contributed by atoms with Gasteiger partial charge in [0.1, 0.15) is 0 Å². The van der Waals surface area contributed by atoms with Crippen LogP contribution in [0.15, 0.2) is 36.4 Å². The molecule has 0 N–H and O–H groups in total. The minimum Gasteiger partial charge on any atom is -0.115 e. The van der Waals surface area contributed by atoms with Gasteiger partial charge in [0, 0.05) is 10.6 Å². The molecular formula is C16H11Cl. The van der Waals surface area contributed by atoms with Gasteiger partial charge in [-0.3, -0.25) is 0 Å². The van der Waals surface area contributed by atoms with Crippen LogP contribution < -0.4 is 0 Å². The monoisotopic (exact) mass is 238 g/mol. The number of hydrogen-bond donors (Lipinski definition) is 0. The molecule has 2 aromatic carbocycles. The Labute approximate surface area is 106 Å². The van der Waals surface area contributed by atoms with Crippen molar-refractivity contribution in [3.05, 3.63) is 58.1 Å². The van der Waals surface area contributed by atoms with Crippen molar-refractivity contribution in [2.45, 2.75) is 12.8 Å². The lowest BCUT2D eigenvalue weighted by molar-refractivity contribution is 0.941. The Balaban J connectivity index is 2.21. The lowest BCUT2D eigenvalue weighted by Gasteiger charge is -2.20. The first kappa shape index (κ1) is 10.4. The van der Waals surface area contributed by atoms with E-state index in [4.69, 9.17) is 18.0 Å². The molecule has 82 valence electrons. The first-order valence-corrected chi connectivity index (χ1v) is 6.04. The van der Waals surface area contributed by atoms with Crippen LogP contribution in [0.1, 0.15) is 16.7 Å². The summed E-state index contributed by atoms with van der Waals surface area (Å²) in [6.07, 6.45) is 7.51. The van der Waals surface area contributed by atoms with Crippen molar-refractivity contribution >= 4 is 11.6 Å². The molecule has 0 bridgehead atoms. The van der Waals surface area contributed by atoms with Crippen LogP contribution in [-0.4, -0.2) is 0 Å². The van der Waals surface area contributed by atoms with Crippen LogP contribution in [0.3, 0.4) is 0 Å². The molecule has 0 fully saturated rings. The fourth-order valence-corrected chi connectivity index (χ4v) is 2.65. The van der Waals surface area contributed by atoms with Gasteiger partial charge in [0.05, 0.1) is 0 Å². The Morgan fingerprint density at radius 1 is 0.941 bits per heavy atom. The predicted octanol–water partition coefficient (Wildman–Crippen LogP) is 4.09. The minimum atomic E-state index is 0.812. The predicted molar refractivity (Wildman–Crippen MR) is 72.2 cm³/mol. The maximum absolute atomic E-state index is 6.02. The van der Waals surface area contributed by atoms with Gasteiger partial charge in [-0.15, -0.1) is 6.42 Å². The molecule has 0 heterocycles. The summed E-state index contributed by atoms with van der Waals surface area (Å²) < 4.78 is 0. The normalized spacial score (nSPS) is 12.5. The van der Waals surface area contributed by atoms with E-state index in [1.54, 1.807) is 0 Å². The summed E-state index contributed by atoms with van der Waals surface area (Å²) >= 11 is 6.02. The highest BCUT2D eigenvalue weighted by Gasteiger charge is 2.16. The molecule has 0 aromatic heterocycles. The fourth-order valence-electron chi connectivity index (χ4n) is 2.45. The van der Waals surface area contributed by atoms with Gasteiger partial charge in [-0.1, -0.05) is 29.7 Å². The van der Waals surface area contributed by atoms with E-state index in [9.17, 15) is 0 Å². The number of hydrogen-bond acceptors (Lipinski definition) is 0. The molecule has 0 amide bonds. The zero-order valence-electron chi connectivity index (χ0n) is 9.33. The lowest BCUT2D eigenvalue weighted by atomic mass is 9.85. The van der Waals surface area contributed by atoms with Gasteiger partial charge in [0.15, 0.2) is 0 Å². The Hall–Kier alpha value is -1.71. The van der Waals surface area contributed by atoms with Gasteiger partial charge in [-0.2, -0.15) is 0 Å². The van der Waals surface area contributed by atoms with E-state index in [0.717, 1.165) is 23.4 Å². The van der Waals surface area contributed by atoms with Crippen molar-refractivity contribution < 1.29 is 0 Å². The second-order valence-electron chi connectivity index (χ2n) is 4.32. The summed E-state index contributed by atoms with van der Waals surface area (Å²) in [5.41, 5.74) is 6.22. The Morgan fingerprint density at radius 2 is 1.59 bits per heavy atom. The third kappa shape index (κ3) is 1.73. The summed E-state index contributed by atoms with van der Waals surface area (Å²) in [4.78, 5) is 0. The van der Waals surface area contributed by atoms with Gasteiger partial charge in [0.25, 0.3) is 0 Å². The van der Waals surface area contributed by atoms with Gasteiger partial charge >= 0.3 is 0 Å². The molecule has 0 aliphatic heterocycles. The highest BCUT2D eigenvalue weighted by atomic mass is 35.5. The average molecular weight is 239 g/mol. The number of rotatable bonds is 0. The first-order chi connectivity index (χ1) is 8.28. The molecule has 0 saturated heterocycles. The first-order valence-electron chi connectivity index (χ1n) is 5.66. The highest BCUT2D eigenvalue weighted by Crippen LogP contribution is 2.35. The van der Waals surface area contributed by atoms with Crippen molar-refractivity contribution in [3.8, 4) is 23.5 Å². The fraction of sp³-hybridized carbons (Fsp3) is 0.125. The van der Waals surface area contributed by atoms with Crippen LogP contribution in [-0.2, 0) is 12.8 Å². The van der Waals surface area contributed by atoms with Crippen LogP contribution >= 0.6 is 11.6 Å². The molecule has 0 nitrogen and oxygen atoms in total. The molecule has 0 radical (unpaired) electrons. The Kier molecular flexibility index (Phi) is 2.42. The van der Waals surface area contributed by atoms with E-state index in [-0.39, 0.29) is 0 Å². The van der Waals surface area contributed by atoms with E-state index in [0.29, 0.717) is 0 Å². The second kappa shape index (κ2) is 3.95. The summed E-state index contributed by atoms with van der Waals surface area (Å²) in [5.74, 6) is 2.69. The van der Waals surface area contributed by atoms with E-state index >= 15 is 0 Å². The van der Waals surface area contributed by atoms with Crippen LogP contribution in [0.5, 0.6) is 0 Å². The van der Waals surface area contributed by atoms with E-state index in [1.807, 2.05) is 12.1 Å². The van der Waals surface area contributed by atoms with Crippen LogP contribution in [0.25, 0.3) is 11.1 Å². The molecule has 0 spiro atoms. The standard InChI is InChI=1S/C16H11Cl/c1-2-11-3-7-15-12(9-11)4-5-13-10-14(17)6-8-16(13)15/h1,3,6-10H,4-5H2. The smallest absolute Gasteiger partial charge is 0.0409 e. The molecular weight excluding hydrogens is 228 g/mol. The Morgan fingerprint density at radius 3 is 2.29 bits per heavy atom. The van der Waals surface area contributed by atoms with E-state index in [2.05, 4.69) is 30.2 Å². The molecule has 17 heavy (non-hydrogen) atoms.